The van der Waals surface area contributed by atoms with E-state index in [1.165, 1.54) is 12.1 Å². The second-order valence-corrected chi connectivity index (χ2v) is 5.52. The smallest absolute Gasteiger partial charge is 0.149 e. The number of hydrogen-bond acceptors (Lipinski definition) is 5. The van der Waals surface area contributed by atoms with E-state index in [1.54, 1.807) is 13.0 Å². The predicted molar refractivity (Wildman–Crippen MR) is 88.1 cm³/mol. The van der Waals surface area contributed by atoms with Crippen molar-refractivity contribution in [2.75, 3.05) is 37.8 Å². The number of aromatic nitrogens is 2. The molecule has 1 heterocycles. The van der Waals surface area contributed by atoms with Crippen LogP contribution >= 0.6 is 0 Å². The first-order valence-electron chi connectivity index (χ1n) is 7.40. The molecule has 0 saturated heterocycles. The molecule has 0 atom stereocenters. The highest BCUT2D eigenvalue weighted by Crippen LogP contribution is 2.21. The van der Waals surface area contributed by atoms with Crippen LogP contribution in [0, 0.1) is 18.6 Å². The molecule has 0 fully saturated rings. The van der Waals surface area contributed by atoms with Crippen molar-refractivity contribution in [3.63, 3.8) is 0 Å². The highest BCUT2D eigenvalue weighted by Gasteiger charge is 2.07. The van der Waals surface area contributed by atoms with E-state index in [4.69, 9.17) is 0 Å². The summed E-state index contributed by atoms with van der Waals surface area (Å²) in [6.07, 6.45) is 0.978. The molecule has 0 spiro atoms. The minimum atomic E-state index is -0.665. The van der Waals surface area contributed by atoms with Crippen LogP contribution in [0.5, 0.6) is 0 Å². The number of aryl methyl sites for hydroxylation is 1. The minimum absolute atomic E-state index is 0.169. The van der Waals surface area contributed by atoms with Crippen molar-refractivity contribution in [1.82, 2.24) is 14.9 Å². The molecule has 0 aliphatic heterocycles. The van der Waals surface area contributed by atoms with Crippen LogP contribution in [-0.4, -0.2) is 42.1 Å². The van der Waals surface area contributed by atoms with E-state index in [1.807, 2.05) is 14.1 Å². The lowest BCUT2D eigenvalue weighted by atomic mass is 10.3. The summed E-state index contributed by atoms with van der Waals surface area (Å²) in [6.45, 7) is 3.51. The van der Waals surface area contributed by atoms with Crippen molar-refractivity contribution >= 4 is 17.3 Å². The number of halogens is 2. The molecule has 1 aromatic heterocycles. The van der Waals surface area contributed by atoms with E-state index < -0.39 is 11.6 Å². The maximum absolute atomic E-state index is 13.7. The monoisotopic (exact) mass is 321 g/mol. The van der Waals surface area contributed by atoms with Gasteiger partial charge >= 0.3 is 0 Å². The number of anilines is 3. The number of nitrogens with zero attached hydrogens (tertiary/aromatic N) is 3. The first-order chi connectivity index (χ1) is 10.9. The van der Waals surface area contributed by atoms with Gasteiger partial charge in [-0.2, -0.15) is 0 Å². The van der Waals surface area contributed by atoms with E-state index in [-0.39, 0.29) is 5.69 Å². The summed E-state index contributed by atoms with van der Waals surface area (Å²) < 4.78 is 26.6. The van der Waals surface area contributed by atoms with Gasteiger partial charge in [0.15, 0.2) is 0 Å². The summed E-state index contributed by atoms with van der Waals surface area (Å²) in [7, 11) is 4.04. The Labute approximate surface area is 134 Å². The minimum Gasteiger partial charge on any atom is -0.370 e. The van der Waals surface area contributed by atoms with Crippen molar-refractivity contribution in [3.8, 4) is 0 Å². The van der Waals surface area contributed by atoms with Crippen LogP contribution in [0.25, 0.3) is 0 Å². The second kappa shape index (κ2) is 7.82. The first kappa shape index (κ1) is 17.1. The third-order valence-corrected chi connectivity index (χ3v) is 3.12. The Bertz CT molecular complexity index is 661. The van der Waals surface area contributed by atoms with Crippen molar-refractivity contribution < 1.29 is 8.78 Å². The van der Waals surface area contributed by atoms with Crippen LogP contribution in [0.15, 0.2) is 24.3 Å². The van der Waals surface area contributed by atoms with Crippen LogP contribution in [0.1, 0.15) is 12.2 Å². The van der Waals surface area contributed by atoms with E-state index in [2.05, 4.69) is 25.5 Å². The highest BCUT2D eigenvalue weighted by molar-refractivity contribution is 5.59. The first-order valence-corrected chi connectivity index (χ1v) is 7.40. The van der Waals surface area contributed by atoms with Gasteiger partial charge in [-0.3, -0.25) is 0 Å². The van der Waals surface area contributed by atoms with Crippen molar-refractivity contribution in [1.29, 1.82) is 0 Å². The SMILES string of the molecule is Cc1nc(NCCCN(C)C)cc(Nc2ccc(F)cc2F)n1. The Kier molecular flexibility index (Phi) is 5.81. The van der Waals surface area contributed by atoms with Gasteiger partial charge in [0.05, 0.1) is 5.69 Å². The molecular formula is C16H21F2N5. The number of benzene rings is 1. The van der Waals surface area contributed by atoms with Crippen LogP contribution < -0.4 is 10.6 Å². The molecule has 0 saturated carbocycles. The largest absolute Gasteiger partial charge is 0.370 e. The van der Waals surface area contributed by atoms with E-state index in [0.717, 1.165) is 25.6 Å². The van der Waals surface area contributed by atoms with Gasteiger partial charge in [-0.1, -0.05) is 0 Å². The van der Waals surface area contributed by atoms with Gasteiger partial charge in [-0.25, -0.2) is 18.7 Å². The predicted octanol–water partition coefficient (Wildman–Crippen LogP) is 3.17. The van der Waals surface area contributed by atoms with E-state index >= 15 is 0 Å². The zero-order valence-corrected chi connectivity index (χ0v) is 13.5. The van der Waals surface area contributed by atoms with Crippen LogP contribution in [0.4, 0.5) is 26.1 Å². The maximum atomic E-state index is 13.7. The Balaban J connectivity index is 2.04. The molecule has 0 bridgehead atoms. The average molecular weight is 321 g/mol. The molecule has 23 heavy (non-hydrogen) atoms. The van der Waals surface area contributed by atoms with Gasteiger partial charge in [0, 0.05) is 18.7 Å². The van der Waals surface area contributed by atoms with Crippen molar-refractivity contribution in [3.05, 3.63) is 41.7 Å². The molecule has 2 aromatic rings. The topological polar surface area (TPSA) is 53.1 Å². The summed E-state index contributed by atoms with van der Waals surface area (Å²) in [5, 5.41) is 6.07. The zero-order chi connectivity index (χ0) is 16.8. The van der Waals surface area contributed by atoms with Crippen molar-refractivity contribution in [2.45, 2.75) is 13.3 Å². The number of nitrogens with one attached hydrogen (secondary N) is 2. The van der Waals surface area contributed by atoms with E-state index in [9.17, 15) is 8.78 Å². The van der Waals surface area contributed by atoms with Crippen LogP contribution in [0.2, 0.25) is 0 Å². The molecule has 5 nitrogen and oxygen atoms in total. The lowest BCUT2D eigenvalue weighted by molar-refractivity contribution is 0.405. The standard InChI is InChI=1S/C16H21F2N5/c1-11-20-15(19-7-4-8-23(2)3)10-16(21-11)22-14-6-5-12(17)9-13(14)18/h5-6,9-10H,4,7-8H2,1-3H3,(H2,19,20,21,22). The number of rotatable bonds is 7. The molecule has 0 unspecified atom stereocenters. The molecular weight excluding hydrogens is 300 g/mol. The molecule has 0 amide bonds. The fourth-order valence-corrected chi connectivity index (χ4v) is 2.06. The van der Waals surface area contributed by atoms with Crippen LogP contribution in [0.3, 0.4) is 0 Å². The fraction of sp³-hybridized carbons (Fsp3) is 0.375. The van der Waals surface area contributed by atoms with Gasteiger partial charge in [-0.15, -0.1) is 0 Å². The average Bonchev–Trinajstić information content (AvgIpc) is 2.46. The molecule has 0 aliphatic rings. The Morgan fingerprint density at radius 1 is 1.09 bits per heavy atom. The molecule has 2 rings (SSSR count). The van der Waals surface area contributed by atoms with Gasteiger partial charge in [-0.05, 0) is 46.1 Å². The van der Waals surface area contributed by atoms with Gasteiger partial charge in [0.1, 0.15) is 29.1 Å². The van der Waals surface area contributed by atoms with Gasteiger partial charge < -0.3 is 15.5 Å². The Hall–Kier alpha value is -2.28. The molecule has 7 heteroatoms. The second-order valence-electron chi connectivity index (χ2n) is 5.52. The number of hydrogen-bond donors (Lipinski definition) is 2. The molecule has 2 N–H and O–H groups in total. The maximum Gasteiger partial charge on any atom is 0.149 e. The van der Waals surface area contributed by atoms with Crippen molar-refractivity contribution in [2.24, 2.45) is 0 Å². The van der Waals surface area contributed by atoms with Crippen LogP contribution in [-0.2, 0) is 0 Å². The summed E-state index contributed by atoms with van der Waals surface area (Å²) in [5.41, 5.74) is 0.169. The summed E-state index contributed by atoms with van der Waals surface area (Å²) in [5.74, 6) is 0.406. The lowest BCUT2D eigenvalue weighted by Crippen LogP contribution is -2.16. The molecule has 0 aliphatic carbocycles. The summed E-state index contributed by atoms with van der Waals surface area (Å²) >= 11 is 0. The summed E-state index contributed by atoms with van der Waals surface area (Å²) in [4.78, 5) is 10.6. The fourth-order valence-electron chi connectivity index (χ4n) is 2.06. The third-order valence-electron chi connectivity index (χ3n) is 3.12. The summed E-state index contributed by atoms with van der Waals surface area (Å²) in [6, 6.07) is 5.06. The third kappa shape index (κ3) is 5.45. The van der Waals surface area contributed by atoms with E-state index in [0.29, 0.717) is 17.5 Å². The molecule has 124 valence electrons. The Morgan fingerprint density at radius 3 is 2.52 bits per heavy atom. The zero-order valence-electron chi connectivity index (χ0n) is 13.5. The molecule has 1 aromatic carbocycles. The lowest BCUT2D eigenvalue weighted by Gasteiger charge is -2.12. The van der Waals surface area contributed by atoms with Gasteiger partial charge in [0.25, 0.3) is 0 Å². The highest BCUT2D eigenvalue weighted by atomic mass is 19.1. The normalized spacial score (nSPS) is 10.9. The van der Waals surface area contributed by atoms with Gasteiger partial charge in [0.2, 0.25) is 0 Å². The Morgan fingerprint density at radius 2 is 1.83 bits per heavy atom. The molecule has 0 radical (unpaired) electrons. The quantitative estimate of drug-likeness (QED) is 0.767.